The highest BCUT2D eigenvalue weighted by molar-refractivity contribution is 5.79. The molecule has 27 heavy (non-hydrogen) atoms. The molecule has 0 spiro atoms. The van der Waals surface area contributed by atoms with E-state index < -0.39 is 11.5 Å². The summed E-state index contributed by atoms with van der Waals surface area (Å²) in [5.74, 6) is -3.10. The predicted molar refractivity (Wildman–Crippen MR) is 97.0 cm³/mol. The van der Waals surface area contributed by atoms with Gasteiger partial charge in [0.15, 0.2) is 0 Å². The van der Waals surface area contributed by atoms with E-state index in [1.165, 1.54) is 31.3 Å². The van der Waals surface area contributed by atoms with Gasteiger partial charge >= 0.3 is 5.97 Å². The number of carbonyl (C=O) groups is 1. The largest absolute Gasteiger partial charge is 0.466 e. The molecule has 1 aromatic carbocycles. The number of allylic oxidation sites excluding steroid dienone is 1. The van der Waals surface area contributed by atoms with Crippen molar-refractivity contribution in [3.8, 4) is 0 Å². The summed E-state index contributed by atoms with van der Waals surface area (Å²) in [6, 6.07) is 4.03. The van der Waals surface area contributed by atoms with Crippen LogP contribution in [0.2, 0.25) is 0 Å². The van der Waals surface area contributed by atoms with E-state index in [-0.39, 0.29) is 47.6 Å². The Morgan fingerprint density at radius 2 is 2.11 bits per heavy atom. The first-order valence-corrected chi connectivity index (χ1v) is 8.48. The minimum Gasteiger partial charge on any atom is -0.466 e. The smallest absolute Gasteiger partial charge is 0.306 e. The zero-order valence-corrected chi connectivity index (χ0v) is 15.0. The number of imidazole rings is 1. The molecule has 0 bridgehead atoms. The van der Waals surface area contributed by atoms with Crippen LogP contribution in [0.5, 0.6) is 0 Å². The van der Waals surface area contributed by atoms with Gasteiger partial charge in [-0.2, -0.15) is 8.78 Å². The summed E-state index contributed by atoms with van der Waals surface area (Å²) in [6.07, 6.45) is 1.76. The van der Waals surface area contributed by atoms with Crippen molar-refractivity contribution in [2.24, 2.45) is 0 Å². The van der Waals surface area contributed by atoms with Crippen molar-refractivity contribution in [2.45, 2.75) is 32.6 Å². The highest BCUT2D eigenvalue weighted by Crippen LogP contribution is 2.35. The third-order valence-electron chi connectivity index (χ3n) is 4.31. The first-order valence-electron chi connectivity index (χ1n) is 8.48. The first kappa shape index (κ1) is 18.8. The number of fused-ring (bicyclic) bond motifs is 3. The lowest BCUT2D eigenvalue weighted by Crippen LogP contribution is -2.16. The molecule has 0 radical (unpaired) electrons. The number of aromatic amines is 1. The summed E-state index contributed by atoms with van der Waals surface area (Å²) in [6.45, 7) is 6.58. The third kappa shape index (κ3) is 3.34. The van der Waals surface area contributed by atoms with Crippen molar-refractivity contribution >= 4 is 22.5 Å². The molecule has 0 aliphatic heterocycles. The number of aryl methyl sites for hydroxylation is 1. The lowest BCUT2D eigenvalue weighted by atomic mass is 10.0. The van der Waals surface area contributed by atoms with E-state index in [0.29, 0.717) is 11.3 Å². The molecular formula is C19H19F2N3O3. The quantitative estimate of drug-likeness (QED) is 0.530. The minimum atomic E-state index is -3.21. The van der Waals surface area contributed by atoms with Gasteiger partial charge < -0.3 is 9.72 Å². The third-order valence-corrected chi connectivity index (χ3v) is 4.31. The van der Waals surface area contributed by atoms with E-state index in [1.807, 2.05) is 0 Å². The van der Waals surface area contributed by atoms with Gasteiger partial charge in [0, 0.05) is 12.0 Å². The Hall–Kier alpha value is -3.03. The fourth-order valence-corrected chi connectivity index (χ4v) is 2.90. The van der Waals surface area contributed by atoms with E-state index in [9.17, 15) is 18.4 Å². The van der Waals surface area contributed by atoms with E-state index in [4.69, 9.17) is 4.74 Å². The van der Waals surface area contributed by atoms with Crippen LogP contribution < -0.4 is 5.56 Å². The van der Waals surface area contributed by atoms with Gasteiger partial charge in [0.2, 0.25) is 0 Å². The van der Waals surface area contributed by atoms with Crippen LogP contribution in [0.4, 0.5) is 8.78 Å². The van der Waals surface area contributed by atoms with Crippen molar-refractivity contribution in [2.75, 3.05) is 6.61 Å². The van der Waals surface area contributed by atoms with Crippen molar-refractivity contribution in [3.05, 3.63) is 58.3 Å². The fraction of sp³-hybridized carbons (Fsp3) is 0.316. The molecule has 1 N–H and O–H groups in total. The molecule has 2 aromatic heterocycles. The summed E-state index contributed by atoms with van der Waals surface area (Å²) in [5.41, 5.74) is 0.0474. The van der Waals surface area contributed by atoms with Crippen molar-refractivity contribution in [1.29, 1.82) is 0 Å². The number of benzene rings is 1. The average Bonchev–Trinajstić information content (AvgIpc) is 3.04. The molecule has 6 nitrogen and oxygen atoms in total. The Morgan fingerprint density at radius 1 is 1.37 bits per heavy atom. The summed E-state index contributed by atoms with van der Waals surface area (Å²) >= 11 is 0. The van der Waals surface area contributed by atoms with Crippen LogP contribution in [0.15, 0.2) is 41.3 Å². The molecule has 0 fully saturated rings. The zero-order valence-electron chi connectivity index (χ0n) is 15.0. The second kappa shape index (κ2) is 6.94. The number of ether oxygens (including phenoxy) is 1. The summed E-state index contributed by atoms with van der Waals surface area (Å²) in [7, 11) is 0. The molecule has 0 unspecified atom stereocenters. The molecule has 0 atom stereocenters. The molecule has 142 valence electrons. The first-order chi connectivity index (χ1) is 12.8. The summed E-state index contributed by atoms with van der Waals surface area (Å²) in [5, 5.41) is 0. The molecule has 8 heteroatoms. The topological polar surface area (TPSA) is 76.5 Å². The molecule has 0 amide bonds. The number of nitrogens with one attached hydrogen (secondary N) is 1. The maximum atomic E-state index is 14.3. The second-order valence-electron chi connectivity index (χ2n) is 6.24. The number of halogens is 2. The van der Waals surface area contributed by atoms with Gasteiger partial charge in [-0.1, -0.05) is 12.6 Å². The van der Waals surface area contributed by atoms with Crippen LogP contribution in [-0.2, 0) is 21.9 Å². The molecule has 0 aliphatic rings. The summed E-state index contributed by atoms with van der Waals surface area (Å²) < 4.78 is 35.0. The Balaban J connectivity index is 2.12. The van der Waals surface area contributed by atoms with Crippen LogP contribution in [-0.4, -0.2) is 26.9 Å². The van der Waals surface area contributed by atoms with Crippen LogP contribution in [0.1, 0.15) is 31.7 Å². The maximum Gasteiger partial charge on any atom is 0.306 e. The molecule has 0 saturated heterocycles. The van der Waals surface area contributed by atoms with Crippen LogP contribution in [0, 0.1) is 0 Å². The predicted octanol–water partition coefficient (Wildman–Crippen LogP) is 3.34. The summed E-state index contributed by atoms with van der Waals surface area (Å²) in [4.78, 5) is 30.8. The number of aromatic nitrogens is 3. The van der Waals surface area contributed by atoms with E-state index in [2.05, 4.69) is 16.5 Å². The Morgan fingerprint density at radius 3 is 2.78 bits per heavy atom. The van der Waals surface area contributed by atoms with E-state index in [0.717, 1.165) is 0 Å². The average molecular weight is 375 g/mol. The minimum absolute atomic E-state index is 0.104. The van der Waals surface area contributed by atoms with Gasteiger partial charge in [-0.15, -0.1) is 0 Å². The number of H-pyrrole nitrogens is 1. The van der Waals surface area contributed by atoms with Gasteiger partial charge in [0.1, 0.15) is 11.3 Å². The zero-order chi connectivity index (χ0) is 19.8. The Labute approximate surface area is 153 Å². The highest BCUT2D eigenvalue weighted by Gasteiger charge is 2.32. The second-order valence-corrected chi connectivity index (χ2v) is 6.24. The Kier molecular flexibility index (Phi) is 4.82. The number of hydrogen-bond acceptors (Lipinski definition) is 4. The number of carbonyl (C=O) groups excluding carboxylic acids is 1. The van der Waals surface area contributed by atoms with Crippen LogP contribution in [0.3, 0.4) is 0 Å². The van der Waals surface area contributed by atoms with Gasteiger partial charge in [-0.3, -0.25) is 14.0 Å². The van der Waals surface area contributed by atoms with Gasteiger partial charge in [0.25, 0.3) is 11.5 Å². The van der Waals surface area contributed by atoms with Gasteiger partial charge in [-0.05, 0) is 31.6 Å². The number of alkyl halides is 2. The number of nitrogens with zero attached hydrogens (tertiary/aromatic N) is 2. The normalized spacial score (nSPS) is 11.9. The number of hydrogen-bond donors (Lipinski definition) is 1. The number of rotatable bonds is 6. The van der Waals surface area contributed by atoms with E-state index in [1.54, 1.807) is 11.3 Å². The Bertz CT molecular complexity index is 1100. The molecule has 0 saturated carbocycles. The van der Waals surface area contributed by atoms with Gasteiger partial charge in [-0.25, -0.2) is 4.98 Å². The molecular weight excluding hydrogens is 356 g/mol. The molecule has 2 heterocycles. The lowest BCUT2D eigenvalue weighted by Gasteiger charge is -2.17. The van der Waals surface area contributed by atoms with Crippen LogP contribution >= 0.6 is 0 Å². The fourth-order valence-electron chi connectivity index (χ4n) is 2.90. The van der Waals surface area contributed by atoms with Crippen molar-refractivity contribution in [1.82, 2.24) is 14.4 Å². The molecule has 3 rings (SSSR count). The van der Waals surface area contributed by atoms with Crippen LogP contribution in [0.25, 0.3) is 16.6 Å². The molecule has 0 aliphatic carbocycles. The highest BCUT2D eigenvalue weighted by atomic mass is 19.3. The van der Waals surface area contributed by atoms with E-state index >= 15 is 0 Å². The number of esters is 1. The standard InChI is InChI=1S/C19H19F2N3O3/c1-4-27-17(25)8-7-16-22-10-15-18(26)23-13-9-12(19(20,21)11(2)3)5-6-14(13)24(15)16/h5-6,9-10H,2,4,7-8H2,1,3H3,(H,23,26). The van der Waals surface area contributed by atoms with Gasteiger partial charge in [0.05, 0.1) is 30.3 Å². The SMILES string of the molecule is C=C(C)C(F)(F)c1ccc2c(c1)[nH]c(=O)c1cnc(CCC(=O)OCC)n12. The molecule has 3 aromatic rings. The van der Waals surface area contributed by atoms with Crippen molar-refractivity contribution < 1.29 is 18.3 Å². The monoisotopic (exact) mass is 375 g/mol. The maximum absolute atomic E-state index is 14.3. The van der Waals surface area contributed by atoms with Crippen molar-refractivity contribution in [3.63, 3.8) is 0 Å². The lowest BCUT2D eigenvalue weighted by molar-refractivity contribution is -0.143.